The van der Waals surface area contributed by atoms with E-state index >= 15 is 0 Å². The molecule has 1 aliphatic heterocycles. The zero-order valence-corrected chi connectivity index (χ0v) is 16.7. The van der Waals surface area contributed by atoms with Gasteiger partial charge in [-0.25, -0.2) is 14.2 Å². The standard InChI is InChI=1S/C21H21ClFN3O3/c1-28-21(27)14-4-7-17-18(8-14)25-20(24-17)12-29-19-11-26(10-16(19)23)9-13-2-5-15(22)6-3-13/h2-8,16,19H,9-12H2,1H3,(H,24,25). The van der Waals surface area contributed by atoms with Crippen molar-refractivity contribution in [1.82, 2.24) is 14.9 Å². The molecule has 0 spiro atoms. The highest BCUT2D eigenvalue weighted by Gasteiger charge is 2.33. The van der Waals surface area contributed by atoms with Crippen LogP contribution in [0, 0.1) is 0 Å². The number of H-pyrrole nitrogens is 1. The van der Waals surface area contributed by atoms with E-state index in [0.29, 0.717) is 47.1 Å². The van der Waals surface area contributed by atoms with Gasteiger partial charge in [-0.1, -0.05) is 23.7 Å². The first-order valence-corrected chi connectivity index (χ1v) is 9.69. The largest absolute Gasteiger partial charge is 0.465 e. The Bertz CT molecular complexity index is 1010. The maximum absolute atomic E-state index is 14.4. The predicted octanol–water partition coefficient (Wildman–Crippen LogP) is 3.74. The second-order valence-corrected chi connectivity index (χ2v) is 7.53. The Labute approximate surface area is 172 Å². The summed E-state index contributed by atoms with van der Waals surface area (Å²) in [6.45, 7) is 1.66. The molecule has 0 saturated carbocycles. The van der Waals surface area contributed by atoms with Gasteiger partial charge in [0.15, 0.2) is 0 Å². The summed E-state index contributed by atoms with van der Waals surface area (Å²) in [4.78, 5) is 21.2. The fourth-order valence-corrected chi connectivity index (χ4v) is 3.63. The van der Waals surface area contributed by atoms with E-state index in [9.17, 15) is 9.18 Å². The Morgan fingerprint density at radius 2 is 2.07 bits per heavy atom. The Hall–Kier alpha value is -2.48. The third-order valence-electron chi connectivity index (χ3n) is 4.98. The number of nitrogens with one attached hydrogen (secondary N) is 1. The maximum atomic E-state index is 14.4. The zero-order chi connectivity index (χ0) is 20.4. The summed E-state index contributed by atoms with van der Waals surface area (Å²) in [5.74, 6) is 0.177. The summed E-state index contributed by atoms with van der Waals surface area (Å²) in [6, 6.07) is 12.6. The molecule has 1 aromatic heterocycles. The van der Waals surface area contributed by atoms with Crippen molar-refractivity contribution < 1.29 is 18.7 Å². The SMILES string of the molecule is COC(=O)c1ccc2nc(COC3CN(Cc4ccc(Cl)cc4)CC3F)[nH]c2c1. The van der Waals surface area contributed by atoms with Crippen molar-refractivity contribution in [1.29, 1.82) is 0 Å². The summed E-state index contributed by atoms with van der Waals surface area (Å²) >= 11 is 5.91. The number of nitrogens with zero attached hydrogens (tertiary/aromatic N) is 2. The lowest BCUT2D eigenvalue weighted by atomic mass is 10.2. The van der Waals surface area contributed by atoms with Crippen molar-refractivity contribution >= 4 is 28.6 Å². The van der Waals surface area contributed by atoms with E-state index in [0.717, 1.165) is 5.56 Å². The maximum Gasteiger partial charge on any atom is 0.337 e. The van der Waals surface area contributed by atoms with Crippen LogP contribution in [0.1, 0.15) is 21.7 Å². The van der Waals surface area contributed by atoms with Crippen molar-refractivity contribution in [3.05, 3.63) is 64.4 Å². The molecular formula is C21H21ClFN3O3. The van der Waals surface area contributed by atoms with Gasteiger partial charge in [-0.05, 0) is 35.9 Å². The van der Waals surface area contributed by atoms with Crippen LogP contribution in [0.3, 0.4) is 0 Å². The molecule has 0 aliphatic carbocycles. The molecule has 29 heavy (non-hydrogen) atoms. The molecule has 0 amide bonds. The van der Waals surface area contributed by atoms with E-state index in [1.54, 1.807) is 18.2 Å². The van der Waals surface area contributed by atoms with Gasteiger partial charge in [0.1, 0.15) is 24.7 Å². The fourth-order valence-electron chi connectivity index (χ4n) is 3.50. The molecule has 0 radical (unpaired) electrons. The molecule has 2 heterocycles. The lowest BCUT2D eigenvalue weighted by Gasteiger charge is -2.15. The number of rotatable bonds is 6. The number of halogens is 2. The van der Waals surface area contributed by atoms with E-state index in [1.165, 1.54) is 7.11 Å². The highest BCUT2D eigenvalue weighted by molar-refractivity contribution is 6.30. The van der Waals surface area contributed by atoms with Gasteiger partial charge in [-0.2, -0.15) is 0 Å². The Morgan fingerprint density at radius 3 is 2.83 bits per heavy atom. The summed E-state index contributed by atoms with van der Waals surface area (Å²) in [7, 11) is 1.34. The predicted molar refractivity (Wildman–Crippen MR) is 108 cm³/mol. The molecular weight excluding hydrogens is 397 g/mol. The molecule has 3 aromatic rings. The molecule has 0 bridgehead atoms. The Morgan fingerprint density at radius 1 is 1.28 bits per heavy atom. The van der Waals surface area contributed by atoms with Gasteiger partial charge in [0, 0.05) is 24.7 Å². The Kier molecular flexibility index (Phi) is 5.80. The number of hydrogen-bond acceptors (Lipinski definition) is 5. The van der Waals surface area contributed by atoms with Crippen LogP contribution in [-0.2, 0) is 22.6 Å². The number of aromatic amines is 1. The summed E-state index contributed by atoms with van der Waals surface area (Å²) in [5.41, 5.74) is 2.94. The molecule has 1 aliphatic rings. The number of aromatic nitrogens is 2. The quantitative estimate of drug-likeness (QED) is 0.619. The zero-order valence-electron chi connectivity index (χ0n) is 15.9. The molecule has 152 valence electrons. The molecule has 6 nitrogen and oxygen atoms in total. The van der Waals surface area contributed by atoms with Gasteiger partial charge in [0.05, 0.1) is 23.7 Å². The number of likely N-dealkylation sites (tertiary alicyclic amines) is 1. The highest BCUT2D eigenvalue weighted by Crippen LogP contribution is 2.22. The monoisotopic (exact) mass is 417 g/mol. The summed E-state index contributed by atoms with van der Waals surface area (Å²) < 4.78 is 24.9. The van der Waals surface area contributed by atoms with Crippen LogP contribution in [0.25, 0.3) is 11.0 Å². The highest BCUT2D eigenvalue weighted by atomic mass is 35.5. The number of hydrogen-bond donors (Lipinski definition) is 1. The van der Waals surface area contributed by atoms with Crippen LogP contribution >= 0.6 is 11.6 Å². The third-order valence-corrected chi connectivity index (χ3v) is 5.23. The number of fused-ring (bicyclic) bond motifs is 1. The van der Waals surface area contributed by atoms with Crippen molar-refractivity contribution in [2.45, 2.75) is 25.4 Å². The lowest BCUT2D eigenvalue weighted by molar-refractivity contribution is 0.00864. The number of ether oxygens (including phenoxy) is 2. The van der Waals surface area contributed by atoms with E-state index in [-0.39, 0.29) is 6.61 Å². The van der Waals surface area contributed by atoms with Crippen LogP contribution in [0.5, 0.6) is 0 Å². The lowest BCUT2D eigenvalue weighted by Crippen LogP contribution is -2.24. The molecule has 2 aromatic carbocycles. The van der Waals surface area contributed by atoms with Crippen molar-refractivity contribution in [3.8, 4) is 0 Å². The second-order valence-electron chi connectivity index (χ2n) is 7.09. The van der Waals surface area contributed by atoms with Crippen LogP contribution < -0.4 is 0 Å². The minimum atomic E-state index is -1.06. The van der Waals surface area contributed by atoms with Gasteiger partial charge in [-0.3, -0.25) is 4.90 Å². The number of methoxy groups -OCH3 is 1. The second kappa shape index (κ2) is 8.49. The molecule has 2 unspecified atom stereocenters. The van der Waals surface area contributed by atoms with Crippen molar-refractivity contribution in [3.63, 3.8) is 0 Å². The molecule has 4 rings (SSSR count). The smallest absolute Gasteiger partial charge is 0.337 e. The average Bonchev–Trinajstić information content (AvgIpc) is 3.29. The molecule has 2 atom stereocenters. The van der Waals surface area contributed by atoms with Gasteiger partial charge in [0.25, 0.3) is 0 Å². The normalized spacial score (nSPS) is 19.7. The molecule has 1 fully saturated rings. The minimum absolute atomic E-state index is 0.169. The number of benzene rings is 2. The van der Waals surface area contributed by atoms with Crippen LogP contribution in [0.15, 0.2) is 42.5 Å². The van der Waals surface area contributed by atoms with Crippen molar-refractivity contribution in [2.24, 2.45) is 0 Å². The third kappa shape index (κ3) is 4.58. The van der Waals surface area contributed by atoms with E-state index in [4.69, 9.17) is 21.1 Å². The number of carbonyl (C=O) groups excluding carboxylic acids is 1. The van der Waals surface area contributed by atoms with E-state index in [2.05, 4.69) is 9.97 Å². The summed E-state index contributed by atoms with van der Waals surface area (Å²) in [5, 5.41) is 0.685. The van der Waals surface area contributed by atoms with Gasteiger partial charge < -0.3 is 14.5 Å². The van der Waals surface area contributed by atoms with Gasteiger partial charge in [-0.15, -0.1) is 0 Å². The fraction of sp³-hybridized carbons (Fsp3) is 0.333. The number of esters is 1. The first-order chi connectivity index (χ1) is 14.0. The van der Waals surface area contributed by atoms with Crippen LogP contribution in [-0.4, -0.2) is 53.3 Å². The Balaban J connectivity index is 1.36. The first kappa shape index (κ1) is 19.8. The summed E-state index contributed by atoms with van der Waals surface area (Å²) in [6.07, 6.45) is -1.57. The molecule has 1 saturated heterocycles. The number of imidazole rings is 1. The van der Waals surface area contributed by atoms with E-state index in [1.807, 2.05) is 29.2 Å². The van der Waals surface area contributed by atoms with Crippen LogP contribution in [0.2, 0.25) is 5.02 Å². The molecule has 1 N–H and O–H groups in total. The molecule has 8 heteroatoms. The van der Waals surface area contributed by atoms with Gasteiger partial charge >= 0.3 is 5.97 Å². The number of alkyl halides is 1. The topological polar surface area (TPSA) is 67.5 Å². The average molecular weight is 418 g/mol. The van der Waals surface area contributed by atoms with Crippen LogP contribution in [0.4, 0.5) is 4.39 Å². The first-order valence-electron chi connectivity index (χ1n) is 9.31. The number of carbonyl (C=O) groups is 1. The van der Waals surface area contributed by atoms with E-state index < -0.39 is 18.2 Å². The minimum Gasteiger partial charge on any atom is -0.465 e. The van der Waals surface area contributed by atoms with Gasteiger partial charge in [0.2, 0.25) is 0 Å². The van der Waals surface area contributed by atoms with Crippen molar-refractivity contribution in [2.75, 3.05) is 20.2 Å².